The number of hydrogen-bond acceptors (Lipinski definition) is 3. The van der Waals surface area contributed by atoms with Gasteiger partial charge in [-0.25, -0.2) is 4.39 Å². The SMILES string of the molecule is O=C(CN1CCc2ccccc2C1)N[C@@H](c1ccc(F)cc1)c1cccs1. The molecule has 2 heterocycles. The molecule has 0 radical (unpaired) electrons. The van der Waals surface area contributed by atoms with Crippen LogP contribution in [0.4, 0.5) is 4.39 Å². The molecule has 1 aliphatic heterocycles. The summed E-state index contributed by atoms with van der Waals surface area (Å²) in [5.41, 5.74) is 3.55. The van der Waals surface area contributed by atoms with Gasteiger partial charge in [0.05, 0.1) is 12.6 Å². The Morgan fingerprint density at radius 2 is 1.85 bits per heavy atom. The molecule has 0 spiro atoms. The minimum absolute atomic E-state index is 0.0166. The first-order valence-corrected chi connectivity index (χ1v) is 9.94. The van der Waals surface area contributed by atoms with Crippen LogP contribution in [0.25, 0.3) is 0 Å². The number of amides is 1. The number of nitrogens with zero attached hydrogens (tertiary/aromatic N) is 1. The molecule has 2 aromatic carbocycles. The summed E-state index contributed by atoms with van der Waals surface area (Å²) >= 11 is 1.59. The average Bonchev–Trinajstić information content (AvgIpc) is 3.21. The molecule has 0 saturated heterocycles. The zero-order chi connectivity index (χ0) is 18.6. The number of rotatable bonds is 5. The molecule has 0 aliphatic carbocycles. The van der Waals surface area contributed by atoms with Gasteiger partial charge in [0.25, 0.3) is 0 Å². The van der Waals surface area contributed by atoms with Crippen molar-refractivity contribution in [3.63, 3.8) is 0 Å². The third kappa shape index (κ3) is 4.26. The van der Waals surface area contributed by atoms with E-state index in [2.05, 4.69) is 28.4 Å². The molecule has 0 unspecified atom stereocenters. The van der Waals surface area contributed by atoms with Gasteiger partial charge < -0.3 is 5.32 Å². The van der Waals surface area contributed by atoms with Crippen LogP contribution >= 0.6 is 11.3 Å². The fourth-order valence-corrected chi connectivity index (χ4v) is 4.33. The van der Waals surface area contributed by atoms with Crippen molar-refractivity contribution < 1.29 is 9.18 Å². The Hall–Kier alpha value is -2.50. The summed E-state index contributed by atoms with van der Waals surface area (Å²) in [6.07, 6.45) is 0.968. The van der Waals surface area contributed by atoms with Crippen LogP contribution in [0.15, 0.2) is 66.0 Å². The number of thiophene rings is 1. The van der Waals surface area contributed by atoms with E-state index < -0.39 is 0 Å². The molecule has 3 nitrogen and oxygen atoms in total. The summed E-state index contributed by atoms with van der Waals surface area (Å²) in [6, 6.07) is 18.4. The van der Waals surface area contributed by atoms with Crippen LogP contribution in [0.1, 0.15) is 27.6 Å². The molecule has 1 aromatic heterocycles. The number of fused-ring (bicyclic) bond motifs is 1. The van der Waals surface area contributed by atoms with E-state index in [0.717, 1.165) is 30.0 Å². The second-order valence-corrected chi connectivity index (χ2v) is 7.78. The molecule has 4 rings (SSSR count). The van der Waals surface area contributed by atoms with Gasteiger partial charge in [0, 0.05) is 18.0 Å². The van der Waals surface area contributed by atoms with E-state index in [1.807, 2.05) is 23.6 Å². The van der Waals surface area contributed by atoms with E-state index in [1.54, 1.807) is 23.5 Å². The Morgan fingerprint density at radius 1 is 1.07 bits per heavy atom. The number of carbonyl (C=O) groups is 1. The summed E-state index contributed by atoms with van der Waals surface area (Å²) in [7, 11) is 0. The van der Waals surface area contributed by atoms with Crippen molar-refractivity contribution >= 4 is 17.2 Å². The molecule has 1 aliphatic rings. The first-order valence-electron chi connectivity index (χ1n) is 9.06. The van der Waals surface area contributed by atoms with E-state index in [-0.39, 0.29) is 17.8 Å². The van der Waals surface area contributed by atoms with E-state index in [9.17, 15) is 9.18 Å². The maximum absolute atomic E-state index is 13.3. The van der Waals surface area contributed by atoms with Crippen molar-refractivity contribution in [2.75, 3.05) is 13.1 Å². The number of halogens is 1. The quantitative estimate of drug-likeness (QED) is 0.721. The Kier molecular flexibility index (Phi) is 5.32. The summed E-state index contributed by atoms with van der Waals surface area (Å²) in [5.74, 6) is -0.293. The zero-order valence-electron chi connectivity index (χ0n) is 14.9. The van der Waals surface area contributed by atoms with Crippen LogP contribution in [0.2, 0.25) is 0 Å². The van der Waals surface area contributed by atoms with Crippen molar-refractivity contribution in [1.29, 1.82) is 0 Å². The molecule has 138 valence electrons. The Morgan fingerprint density at radius 3 is 2.59 bits per heavy atom. The van der Waals surface area contributed by atoms with Gasteiger partial charge in [-0.05, 0) is 46.7 Å². The lowest BCUT2D eigenvalue weighted by molar-refractivity contribution is -0.122. The van der Waals surface area contributed by atoms with Crippen molar-refractivity contribution in [1.82, 2.24) is 10.2 Å². The lowest BCUT2D eigenvalue weighted by Gasteiger charge is -2.29. The highest BCUT2D eigenvalue weighted by Gasteiger charge is 2.22. The van der Waals surface area contributed by atoms with Crippen LogP contribution in [0, 0.1) is 5.82 Å². The van der Waals surface area contributed by atoms with E-state index >= 15 is 0 Å². The molecule has 0 fully saturated rings. The van der Waals surface area contributed by atoms with Gasteiger partial charge in [-0.1, -0.05) is 42.5 Å². The Bertz CT molecular complexity index is 908. The van der Waals surface area contributed by atoms with Crippen molar-refractivity contribution in [3.05, 3.63) is 93.4 Å². The molecule has 1 atom stereocenters. The summed E-state index contributed by atoms with van der Waals surface area (Å²) < 4.78 is 13.3. The lowest BCUT2D eigenvalue weighted by Crippen LogP contribution is -2.41. The minimum Gasteiger partial charge on any atom is -0.343 e. The molecule has 1 N–H and O–H groups in total. The molecular weight excluding hydrogens is 359 g/mol. The van der Waals surface area contributed by atoms with Crippen LogP contribution < -0.4 is 5.32 Å². The monoisotopic (exact) mass is 380 g/mol. The number of hydrogen-bond donors (Lipinski definition) is 1. The highest BCUT2D eigenvalue weighted by Crippen LogP contribution is 2.26. The van der Waals surface area contributed by atoms with E-state index in [1.165, 1.54) is 23.3 Å². The first kappa shape index (κ1) is 17.9. The van der Waals surface area contributed by atoms with Gasteiger partial charge in [-0.15, -0.1) is 11.3 Å². The third-order valence-corrected chi connectivity index (χ3v) is 5.85. The second-order valence-electron chi connectivity index (χ2n) is 6.80. The molecular formula is C22H21FN2OS. The summed E-state index contributed by atoms with van der Waals surface area (Å²) in [6.45, 7) is 2.03. The molecule has 0 saturated carbocycles. The second kappa shape index (κ2) is 8.03. The topological polar surface area (TPSA) is 32.3 Å². The average molecular weight is 380 g/mol. The molecule has 1 amide bonds. The highest BCUT2D eigenvalue weighted by molar-refractivity contribution is 7.10. The largest absolute Gasteiger partial charge is 0.343 e. The number of benzene rings is 2. The van der Waals surface area contributed by atoms with E-state index in [0.29, 0.717) is 6.54 Å². The molecule has 27 heavy (non-hydrogen) atoms. The van der Waals surface area contributed by atoms with Gasteiger partial charge in [-0.2, -0.15) is 0 Å². The lowest BCUT2D eigenvalue weighted by atomic mass is 10.00. The smallest absolute Gasteiger partial charge is 0.234 e. The van der Waals surface area contributed by atoms with Gasteiger partial charge in [0.2, 0.25) is 5.91 Å². The standard InChI is InChI=1S/C22H21FN2OS/c23-19-9-7-17(8-10-19)22(20-6-3-13-27-20)24-21(26)15-25-12-11-16-4-1-2-5-18(16)14-25/h1-10,13,22H,11-12,14-15H2,(H,24,26)/t22-/m0/s1. The normalized spacial score (nSPS) is 15.1. The molecule has 3 aromatic rings. The maximum Gasteiger partial charge on any atom is 0.234 e. The number of nitrogens with one attached hydrogen (secondary N) is 1. The van der Waals surface area contributed by atoms with Crippen LogP contribution in [-0.4, -0.2) is 23.9 Å². The van der Waals surface area contributed by atoms with Crippen molar-refractivity contribution in [2.45, 2.75) is 19.0 Å². The van der Waals surface area contributed by atoms with E-state index in [4.69, 9.17) is 0 Å². The Balaban J connectivity index is 1.45. The first-order chi connectivity index (χ1) is 13.2. The van der Waals surface area contributed by atoms with Crippen LogP contribution in [0.3, 0.4) is 0 Å². The fraction of sp³-hybridized carbons (Fsp3) is 0.227. The predicted octanol–water partition coefficient (Wildman–Crippen LogP) is 4.15. The van der Waals surface area contributed by atoms with Crippen LogP contribution in [0.5, 0.6) is 0 Å². The third-order valence-electron chi connectivity index (χ3n) is 4.91. The summed E-state index contributed by atoms with van der Waals surface area (Å²) in [5, 5.41) is 5.12. The predicted molar refractivity (Wildman–Crippen MR) is 106 cm³/mol. The maximum atomic E-state index is 13.3. The van der Waals surface area contributed by atoms with Gasteiger partial charge in [0.15, 0.2) is 0 Å². The molecule has 0 bridgehead atoms. The van der Waals surface area contributed by atoms with Crippen molar-refractivity contribution in [2.24, 2.45) is 0 Å². The molecule has 5 heteroatoms. The fourth-order valence-electron chi connectivity index (χ4n) is 3.53. The zero-order valence-corrected chi connectivity index (χ0v) is 15.7. The van der Waals surface area contributed by atoms with Crippen LogP contribution in [-0.2, 0) is 17.8 Å². The number of carbonyl (C=O) groups excluding carboxylic acids is 1. The Labute approximate surface area is 162 Å². The summed E-state index contributed by atoms with van der Waals surface area (Å²) in [4.78, 5) is 16.0. The minimum atomic E-state index is -0.276. The van der Waals surface area contributed by atoms with Gasteiger partial charge in [0.1, 0.15) is 5.82 Å². The van der Waals surface area contributed by atoms with Crippen molar-refractivity contribution in [3.8, 4) is 0 Å². The highest BCUT2D eigenvalue weighted by atomic mass is 32.1. The van der Waals surface area contributed by atoms with Gasteiger partial charge in [-0.3, -0.25) is 9.69 Å². The van der Waals surface area contributed by atoms with Gasteiger partial charge >= 0.3 is 0 Å².